The first-order valence-corrected chi connectivity index (χ1v) is 6.54. The maximum absolute atomic E-state index is 5.83. The van der Waals surface area contributed by atoms with Gasteiger partial charge in [-0.3, -0.25) is 0 Å². The maximum Gasteiger partial charge on any atom is 0.225 e. The smallest absolute Gasteiger partial charge is 0.225 e. The summed E-state index contributed by atoms with van der Waals surface area (Å²) in [5.41, 5.74) is 1.31. The molecule has 3 heterocycles. The van der Waals surface area contributed by atoms with E-state index >= 15 is 0 Å². The molecule has 0 aromatic carbocycles. The Morgan fingerprint density at radius 3 is 3.00 bits per heavy atom. The second-order valence-corrected chi connectivity index (χ2v) is 5.43. The van der Waals surface area contributed by atoms with Crippen molar-refractivity contribution in [2.75, 3.05) is 0 Å². The monoisotopic (exact) mass is 284 g/mol. The van der Waals surface area contributed by atoms with Gasteiger partial charge in [-0.1, -0.05) is 0 Å². The molecule has 0 saturated carbocycles. The van der Waals surface area contributed by atoms with Gasteiger partial charge in [-0.2, -0.15) is 9.36 Å². The van der Waals surface area contributed by atoms with Crippen molar-refractivity contribution in [1.29, 1.82) is 0 Å². The molecule has 0 amide bonds. The van der Waals surface area contributed by atoms with Crippen LogP contribution in [0.15, 0.2) is 15.7 Å². The van der Waals surface area contributed by atoms with Gasteiger partial charge in [0.25, 0.3) is 0 Å². The van der Waals surface area contributed by atoms with Crippen LogP contribution in [0, 0.1) is 6.92 Å². The summed E-state index contributed by atoms with van der Waals surface area (Å²) in [7, 11) is 0. The van der Waals surface area contributed by atoms with E-state index in [9.17, 15) is 0 Å². The Hall–Kier alpha value is -1.25. The van der Waals surface area contributed by atoms with Crippen LogP contribution in [-0.2, 0) is 0 Å². The van der Waals surface area contributed by atoms with E-state index in [1.807, 2.05) is 6.92 Å². The van der Waals surface area contributed by atoms with Gasteiger partial charge >= 0.3 is 0 Å². The Kier molecular flexibility index (Phi) is 2.69. The molecular formula is C8H5ClN6S2. The summed E-state index contributed by atoms with van der Waals surface area (Å²) in [5.74, 6) is 0.749. The molecular weight excluding hydrogens is 280 g/mol. The number of aromatic nitrogens is 6. The number of nitrogens with zero attached hydrogens (tertiary/aromatic N) is 5. The molecule has 0 atom stereocenters. The van der Waals surface area contributed by atoms with Gasteiger partial charge in [0.2, 0.25) is 5.28 Å². The van der Waals surface area contributed by atoms with Crippen molar-refractivity contribution in [3.63, 3.8) is 0 Å². The lowest BCUT2D eigenvalue weighted by atomic mass is 10.6. The van der Waals surface area contributed by atoms with Crippen molar-refractivity contribution in [3.8, 4) is 0 Å². The molecule has 9 heteroatoms. The number of aryl methyl sites for hydroxylation is 1. The summed E-state index contributed by atoms with van der Waals surface area (Å²) in [6.07, 6.45) is 1.56. The van der Waals surface area contributed by atoms with Crippen LogP contribution in [0.3, 0.4) is 0 Å². The van der Waals surface area contributed by atoms with E-state index in [0.29, 0.717) is 10.7 Å². The van der Waals surface area contributed by atoms with Crippen molar-refractivity contribution in [1.82, 2.24) is 29.3 Å². The molecule has 3 aromatic rings. The van der Waals surface area contributed by atoms with E-state index in [1.54, 1.807) is 6.33 Å². The highest BCUT2D eigenvalue weighted by molar-refractivity contribution is 8.01. The minimum Gasteiger partial charge on any atom is -0.341 e. The van der Waals surface area contributed by atoms with E-state index < -0.39 is 0 Å². The minimum absolute atomic E-state index is 0.174. The maximum atomic E-state index is 5.83. The summed E-state index contributed by atoms with van der Waals surface area (Å²) in [4.78, 5) is 19.5. The lowest BCUT2D eigenvalue weighted by Gasteiger charge is -1.98. The average Bonchev–Trinajstić information content (AvgIpc) is 2.87. The standard InChI is InChI=1S/C8H5ClN6S2/c1-3-12-8(17-15-3)16-6-4-5(11-2-10-4)13-7(9)14-6/h2H,1H3,(H,10,11,13,14). The Bertz CT molecular complexity index is 678. The highest BCUT2D eigenvalue weighted by atomic mass is 35.5. The van der Waals surface area contributed by atoms with Gasteiger partial charge in [-0.25, -0.2) is 15.0 Å². The Labute approximate surface area is 109 Å². The molecule has 3 aromatic heterocycles. The fourth-order valence-electron chi connectivity index (χ4n) is 1.26. The number of rotatable bonds is 2. The van der Waals surface area contributed by atoms with Crippen molar-refractivity contribution < 1.29 is 0 Å². The molecule has 0 bridgehead atoms. The topological polar surface area (TPSA) is 80.2 Å². The Morgan fingerprint density at radius 2 is 2.24 bits per heavy atom. The van der Waals surface area contributed by atoms with Gasteiger partial charge in [0.05, 0.1) is 6.33 Å². The normalized spacial score (nSPS) is 11.2. The zero-order chi connectivity index (χ0) is 11.8. The fraction of sp³-hybridized carbons (Fsp3) is 0.125. The molecule has 17 heavy (non-hydrogen) atoms. The van der Waals surface area contributed by atoms with Crippen LogP contribution in [0.2, 0.25) is 5.28 Å². The summed E-state index contributed by atoms with van der Waals surface area (Å²) < 4.78 is 4.92. The highest BCUT2D eigenvalue weighted by Crippen LogP contribution is 2.31. The SMILES string of the molecule is Cc1nsc(Sc2nc(Cl)nc3nc[nH]c23)n1. The van der Waals surface area contributed by atoms with Crippen molar-refractivity contribution >= 4 is 46.1 Å². The van der Waals surface area contributed by atoms with Crippen LogP contribution in [0.5, 0.6) is 0 Å². The lowest BCUT2D eigenvalue weighted by Crippen LogP contribution is -1.88. The van der Waals surface area contributed by atoms with Crippen molar-refractivity contribution in [2.45, 2.75) is 16.3 Å². The lowest BCUT2D eigenvalue weighted by molar-refractivity contribution is 1.07. The van der Waals surface area contributed by atoms with E-state index in [4.69, 9.17) is 11.6 Å². The van der Waals surface area contributed by atoms with Gasteiger partial charge in [0.1, 0.15) is 16.4 Å². The van der Waals surface area contributed by atoms with Gasteiger partial charge in [0, 0.05) is 0 Å². The predicted molar refractivity (Wildman–Crippen MR) is 65.5 cm³/mol. The first-order chi connectivity index (χ1) is 8.22. The van der Waals surface area contributed by atoms with Gasteiger partial charge in [0.15, 0.2) is 9.99 Å². The number of halogens is 1. The second kappa shape index (κ2) is 4.21. The van der Waals surface area contributed by atoms with Gasteiger partial charge in [-0.15, -0.1) is 0 Å². The number of hydrogen-bond donors (Lipinski definition) is 1. The fourth-order valence-corrected chi connectivity index (χ4v) is 3.12. The van der Waals surface area contributed by atoms with E-state index in [0.717, 1.165) is 15.7 Å². The predicted octanol–water partition coefficient (Wildman–Crippen LogP) is 2.32. The highest BCUT2D eigenvalue weighted by Gasteiger charge is 2.12. The number of imidazole rings is 1. The summed E-state index contributed by atoms with van der Waals surface area (Å²) in [5, 5.41) is 0.877. The third-order valence-electron chi connectivity index (χ3n) is 1.92. The quantitative estimate of drug-likeness (QED) is 0.574. The first kappa shape index (κ1) is 10.9. The average molecular weight is 285 g/mol. The number of fused-ring (bicyclic) bond motifs is 1. The van der Waals surface area contributed by atoms with Gasteiger partial charge in [-0.05, 0) is 41.8 Å². The molecule has 0 saturated heterocycles. The molecule has 0 unspecified atom stereocenters. The largest absolute Gasteiger partial charge is 0.341 e. The van der Waals surface area contributed by atoms with Gasteiger partial charge < -0.3 is 4.98 Å². The Morgan fingerprint density at radius 1 is 1.35 bits per heavy atom. The van der Waals surface area contributed by atoms with Crippen LogP contribution in [0.25, 0.3) is 11.2 Å². The zero-order valence-electron chi connectivity index (χ0n) is 8.51. The second-order valence-electron chi connectivity index (χ2n) is 3.11. The van der Waals surface area contributed by atoms with E-state index in [1.165, 1.54) is 23.3 Å². The molecule has 0 aliphatic carbocycles. The van der Waals surface area contributed by atoms with Crippen LogP contribution in [0.4, 0.5) is 0 Å². The molecule has 6 nitrogen and oxygen atoms in total. The van der Waals surface area contributed by atoms with Crippen LogP contribution >= 0.6 is 34.9 Å². The molecule has 1 N–H and O–H groups in total. The van der Waals surface area contributed by atoms with Crippen LogP contribution in [-0.4, -0.2) is 29.3 Å². The van der Waals surface area contributed by atoms with Crippen LogP contribution < -0.4 is 0 Å². The molecule has 0 spiro atoms. The molecule has 0 fully saturated rings. The van der Waals surface area contributed by atoms with Crippen molar-refractivity contribution in [3.05, 3.63) is 17.4 Å². The first-order valence-electron chi connectivity index (χ1n) is 4.57. The zero-order valence-corrected chi connectivity index (χ0v) is 10.9. The van der Waals surface area contributed by atoms with Crippen LogP contribution in [0.1, 0.15) is 5.82 Å². The number of hydrogen-bond acceptors (Lipinski definition) is 7. The summed E-state index contributed by atoms with van der Waals surface area (Å²) >= 11 is 8.55. The third kappa shape index (κ3) is 2.11. The Balaban J connectivity index is 2.07. The summed E-state index contributed by atoms with van der Waals surface area (Å²) in [6.45, 7) is 1.85. The molecule has 0 aliphatic rings. The molecule has 86 valence electrons. The number of H-pyrrole nitrogens is 1. The number of aromatic amines is 1. The van der Waals surface area contributed by atoms with E-state index in [2.05, 4.69) is 29.3 Å². The molecule has 3 rings (SSSR count). The van der Waals surface area contributed by atoms with E-state index in [-0.39, 0.29) is 5.28 Å². The molecule has 0 aliphatic heterocycles. The number of nitrogens with one attached hydrogen (secondary N) is 1. The minimum atomic E-state index is 0.174. The summed E-state index contributed by atoms with van der Waals surface area (Å²) in [6, 6.07) is 0. The van der Waals surface area contributed by atoms with Crippen molar-refractivity contribution in [2.24, 2.45) is 0 Å². The molecule has 0 radical (unpaired) electrons. The third-order valence-corrected chi connectivity index (χ3v) is 3.92.